The molecule has 40 heavy (non-hydrogen) atoms. The number of sulfonamides is 1. The van der Waals surface area contributed by atoms with Crippen LogP contribution in [0.3, 0.4) is 0 Å². The van der Waals surface area contributed by atoms with E-state index in [0.717, 1.165) is 23.1 Å². The molecule has 8 heteroatoms. The van der Waals surface area contributed by atoms with Gasteiger partial charge in [0.15, 0.2) is 0 Å². The summed E-state index contributed by atoms with van der Waals surface area (Å²) >= 11 is 0. The van der Waals surface area contributed by atoms with Crippen LogP contribution in [0, 0.1) is 6.92 Å². The van der Waals surface area contributed by atoms with Gasteiger partial charge < -0.3 is 10.2 Å². The summed E-state index contributed by atoms with van der Waals surface area (Å²) in [5.74, 6) is -0.387. The summed E-state index contributed by atoms with van der Waals surface area (Å²) in [5, 5.41) is 3.07. The molecule has 0 saturated heterocycles. The Kier molecular flexibility index (Phi) is 11.3. The molecule has 0 bridgehead atoms. The van der Waals surface area contributed by atoms with Gasteiger partial charge in [0.2, 0.25) is 21.8 Å². The Bertz CT molecular complexity index is 1350. The van der Waals surface area contributed by atoms with Crippen molar-refractivity contribution >= 4 is 27.5 Å². The molecule has 0 aliphatic heterocycles. The minimum Gasteiger partial charge on any atom is -0.352 e. The molecule has 7 nitrogen and oxygen atoms in total. The quantitative estimate of drug-likeness (QED) is 0.296. The molecule has 0 fully saturated rings. The second kappa shape index (κ2) is 14.7. The molecule has 0 aromatic heterocycles. The molecular weight excluding hydrogens is 522 g/mol. The SMILES string of the molecule is CC[C@@H](C)NC(=O)[C@H](Cc1ccccc1)N(Cc1ccccc1)C(=O)CCCN(c1cccc(C)c1)S(C)(=O)=O. The van der Waals surface area contributed by atoms with Crippen molar-refractivity contribution in [2.24, 2.45) is 0 Å². The number of nitrogens with zero attached hydrogens (tertiary/aromatic N) is 2. The molecule has 3 aromatic rings. The number of nitrogens with one attached hydrogen (secondary N) is 1. The van der Waals surface area contributed by atoms with Crippen LogP contribution >= 0.6 is 0 Å². The molecule has 0 aliphatic carbocycles. The first-order chi connectivity index (χ1) is 19.1. The molecular formula is C32H41N3O4S. The molecule has 0 radical (unpaired) electrons. The standard InChI is InChI=1S/C32H41N3O4S/c1-5-26(3)33-32(37)30(23-27-15-8-6-9-16-27)34(24-28-17-10-7-11-18-28)31(36)20-13-21-35(40(4,38)39)29-19-12-14-25(2)22-29/h6-12,14-19,22,26,30H,5,13,20-21,23-24H2,1-4H3,(H,33,37)/t26-,30+/m1/s1. The average molecular weight is 564 g/mol. The number of hydrogen-bond donors (Lipinski definition) is 1. The zero-order valence-corrected chi connectivity index (χ0v) is 24.7. The van der Waals surface area contributed by atoms with E-state index in [0.29, 0.717) is 18.5 Å². The molecule has 3 aromatic carbocycles. The van der Waals surface area contributed by atoms with Gasteiger partial charge in [0, 0.05) is 32.0 Å². The summed E-state index contributed by atoms with van der Waals surface area (Å²) in [5.41, 5.74) is 3.40. The maximum Gasteiger partial charge on any atom is 0.243 e. The summed E-state index contributed by atoms with van der Waals surface area (Å²) in [6.45, 7) is 6.30. The van der Waals surface area contributed by atoms with Gasteiger partial charge in [0.05, 0.1) is 11.9 Å². The monoisotopic (exact) mass is 563 g/mol. The molecule has 1 N–H and O–H groups in total. The van der Waals surface area contributed by atoms with E-state index in [1.807, 2.05) is 99.6 Å². The molecule has 2 atom stereocenters. The lowest BCUT2D eigenvalue weighted by atomic mass is 10.0. The van der Waals surface area contributed by atoms with Crippen LogP contribution in [-0.2, 0) is 32.6 Å². The number of rotatable bonds is 14. The highest BCUT2D eigenvalue weighted by Gasteiger charge is 2.31. The average Bonchev–Trinajstić information content (AvgIpc) is 2.93. The van der Waals surface area contributed by atoms with E-state index < -0.39 is 16.1 Å². The third-order valence-corrected chi connectivity index (χ3v) is 8.10. The van der Waals surface area contributed by atoms with Gasteiger partial charge in [0.1, 0.15) is 6.04 Å². The van der Waals surface area contributed by atoms with Crippen LogP contribution in [0.4, 0.5) is 5.69 Å². The highest BCUT2D eigenvalue weighted by Crippen LogP contribution is 2.21. The molecule has 214 valence electrons. The first kappa shape index (κ1) is 30.9. The smallest absolute Gasteiger partial charge is 0.243 e. The fraction of sp³-hybridized carbons (Fsp3) is 0.375. The van der Waals surface area contributed by atoms with Crippen LogP contribution in [0.1, 0.15) is 49.8 Å². The molecule has 0 spiro atoms. The van der Waals surface area contributed by atoms with Gasteiger partial charge in [-0.1, -0.05) is 79.7 Å². The Morgan fingerprint density at radius 3 is 2.10 bits per heavy atom. The second-order valence-corrected chi connectivity index (χ2v) is 12.2. The highest BCUT2D eigenvalue weighted by molar-refractivity contribution is 7.92. The van der Waals surface area contributed by atoms with Crippen LogP contribution in [0.5, 0.6) is 0 Å². The lowest BCUT2D eigenvalue weighted by Gasteiger charge is -2.32. The molecule has 0 heterocycles. The number of anilines is 1. The van der Waals surface area contributed by atoms with Crippen molar-refractivity contribution in [2.45, 2.75) is 65.1 Å². The van der Waals surface area contributed by atoms with E-state index >= 15 is 0 Å². The van der Waals surface area contributed by atoms with Crippen LogP contribution in [0.15, 0.2) is 84.9 Å². The zero-order valence-electron chi connectivity index (χ0n) is 23.9. The van der Waals surface area contributed by atoms with Gasteiger partial charge >= 0.3 is 0 Å². The van der Waals surface area contributed by atoms with E-state index in [-0.39, 0.29) is 37.4 Å². The van der Waals surface area contributed by atoms with Crippen molar-refractivity contribution in [1.82, 2.24) is 10.2 Å². The van der Waals surface area contributed by atoms with E-state index in [9.17, 15) is 18.0 Å². The molecule has 0 unspecified atom stereocenters. The van der Waals surface area contributed by atoms with Gasteiger partial charge in [-0.15, -0.1) is 0 Å². The zero-order chi connectivity index (χ0) is 29.1. The Hall–Kier alpha value is -3.65. The first-order valence-corrected chi connectivity index (χ1v) is 15.7. The van der Waals surface area contributed by atoms with Gasteiger partial charge in [-0.2, -0.15) is 0 Å². The Labute approximate surface area is 239 Å². The summed E-state index contributed by atoms with van der Waals surface area (Å²) in [7, 11) is -3.54. The number of benzene rings is 3. The summed E-state index contributed by atoms with van der Waals surface area (Å²) in [6, 6.07) is 25.9. The Morgan fingerprint density at radius 2 is 1.52 bits per heavy atom. The van der Waals surface area contributed by atoms with Gasteiger partial charge in [-0.25, -0.2) is 8.42 Å². The van der Waals surface area contributed by atoms with Crippen molar-refractivity contribution < 1.29 is 18.0 Å². The number of aryl methyl sites for hydroxylation is 1. The van der Waals surface area contributed by atoms with Crippen molar-refractivity contribution in [1.29, 1.82) is 0 Å². The van der Waals surface area contributed by atoms with Crippen LogP contribution in [0.25, 0.3) is 0 Å². The normalized spacial score (nSPS) is 12.8. The molecule has 0 saturated carbocycles. The van der Waals surface area contributed by atoms with Crippen LogP contribution < -0.4 is 9.62 Å². The van der Waals surface area contributed by atoms with Crippen molar-refractivity contribution in [2.75, 3.05) is 17.1 Å². The Balaban J connectivity index is 1.87. The lowest BCUT2D eigenvalue weighted by molar-refractivity contribution is -0.141. The molecule has 2 amide bonds. The molecule has 3 rings (SSSR count). The predicted octanol–water partition coefficient (Wildman–Crippen LogP) is 5.10. The third-order valence-electron chi connectivity index (χ3n) is 6.91. The fourth-order valence-corrected chi connectivity index (χ4v) is 5.52. The maximum absolute atomic E-state index is 13.8. The number of amides is 2. The van der Waals surface area contributed by atoms with E-state index in [1.54, 1.807) is 11.0 Å². The minimum absolute atomic E-state index is 0.0305. The van der Waals surface area contributed by atoms with Crippen molar-refractivity contribution in [3.8, 4) is 0 Å². The topological polar surface area (TPSA) is 86.8 Å². The minimum atomic E-state index is -3.54. The number of hydrogen-bond acceptors (Lipinski definition) is 4. The van der Waals surface area contributed by atoms with E-state index in [1.165, 1.54) is 10.6 Å². The first-order valence-electron chi connectivity index (χ1n) is 13.8. The van der Waals surface area contributed by atoms with Crippen LogP contribution in [0.2, 0.25) is 0 Å². The summed E-state index contributed by atoms with van der Waals surface area (Å²) in [4.78, 5) is 29.1. The molecule has 0 aliphatic rings. The number of carbonyl (C=O) groups excluding carboxylic acids is 2. The van der Waals surface area contributed by atoms with E-state index in [2.05, 4.69) is 5.32 Å². The summed E-state index contributed by atoms with van der Waals surface area (Å²) < 4.78 is 26.5. The van der Waals surface area contributed by atoms with E-state index in [4.69, 9.17) is 0 Å². The predicted molar refractivity (Wildman–Crippen MR) is 161 cm³/mol. The lowest BCUT2D eigenvalue weighted by Crippen LogP contribution is -2.52. The third kappa shape index (κ3) is 9.23. The van der Waals surface area contributed by atoms with Gasteiger partial charge in [-0.05, 0) is 55.5 Å². The number of carbonyl (C=O) groups is 2. The van der Waals surface area contributed by atoms with Gasteiger partial charge in [-0.3, -0.25) is 13.9 Å². The largest absolute Gasteiger partial charge is 0.352 e. The van der Waals surface area contributed by atoms with Crippen molar-refractivity contribution in [3.05, 3.63) is 102 Å². The summed E-state index contributed by atoms with van der Waals surface area (Å²) in [6.07, 6.45) is 2.74. The fourth-order valence-electron chi connectivity index (χ4n) is 4.56. The van der Waals surface area contributed by atoms with Gasteiger partial charge in [0.25, 0.3) is 0 Å². The second-order valence-electron chi connectivity index (χ2n) is 10.3. The maximum atomic E-state index is 13.8. The van der Waals surface area contributed by atoms with Crippen molar-refractivity contribution in [3.63, 3.8) is 0 Å². The van der Waals surface area contributed by atoms with Crippen LogP contribution in [-0.4, -0.2) is 50.0 Å². The Morgan fingerprint density at radius 1 is 0.900 bits per heavy atom. The highest BCUT2D eigenvalue weighted by atomic mass is 32.2.